The van der Waals surface area contributed by atoms with Gasteiger partial charge in [-0.1, -0.05) is 60.7 Å². The van der Waals surface area contributed by atoms with Gasteiger partial charge in [0.25, 0.3) is 0 Å². The Bertz CT molecular complexity index is 781. The number of carbonyl (C=O) groups is 2. The summed E-state index contributed by atoms with van der Waals surface area (Å²) in [4.78, 5) is 25.3. The van der Waals surface area contributed by atoms with Gasteiger partial charge in [-0.25, -0.2) is 0 Å². The summed E-state index contributed by atoms with van der Waals surface area (Å²) in [5.74, 6) is -0.186. The zero-order chi connectivity index (χ0) is 16.1. The smallest absolute Gasteiger partial charge is 0.187 e. The van der Waals surface area contributed by atoms with E-state index in [0.29, 0.717) is 11.1 Å². The van der Waals surface area contributed by atoms with Crippen molar-refractivity contribution in [1.29, 1.82) is 0 Å². The molecule has 0 N–H and O–H groups in total. The zero-order valence-corrected chi connectivity index (χ0v) is 12.5. The van der Waals surface area contributed by atoms with E-state index in [1.165, 1.54) is 0 Å². The first-order valence-electron chi connectivity index (χ1n) is 7.42. The molecule has 1 aromatic heterocycles. The molecule has 0 aliphatic carbocycles. The van der Waals surface area contributed by atoms with E-state index in [0.717, 1.165) is 0 Å². The van der Waals surface area contributed by atoms with E-state index in [9.17, 15) is 9.59 Å². The molecule has 0 spiro atoms. The Kier molecular flexibility index (Phi) is 4.43. The van der Waals surface area contributed by atoms with Crippen LogP contribution in [0, 0.1) is 0 Å². The molecular formula is C19H16N2O2. The van der Waals surface area contributed by atoms with Crippen LogP contribution in [-0.2, 0) is 0 Å². The summed E-state index contributed by atoms with van der Waals surface area (Å²) in [6, 6.07) is 19.1. The van der Waals surface area contributed by atoms with E-state index < -0.39 is 6.04 Å². The summed E-state index contributed by atoms with van der Waals surface area (Å²) >= 11 is 0. The van der Waals surface area contributed by atoms with Crippen LogP contribution < -0.4 is 0 Å². The highest BCUT2D eigenvalue weighted by molar-refractivity contribution is 6.04. The van der Waals surface area contributed by atoms with Gasteiger partial charge in [0, 0.05) is 29.9 Å². The number of carbonyl (C=O) groups excluding carboxylic acids is 2. The maximum Gasteiger partial charge on any atom is 0.187 e. The third-order valence-electron chi connectivity index (χ3n) is 3.68. The molecule has 0 bridgehead atoms. The minimum Gasteiger partial charge on any atom is -0.294 e. The zero-order valence-electron chi connectivity index (χ0n) is 12.5. The normalized spacial score (nSPS) is 11.8. The molecule has 3 rings (SSSR count). The monoisotopic (exact) mass is 304 g/mol. The van der Waals surface area contributed by atoms with Crippen LogP contribution in [0.25, 0.3) is 0 Å². The van der Waals surface area contributed by atoms with Crippen molar-refractivity contribution in [3.05, 3.63) is 90.3 Å². The SMILES string of the molecule is O=C(C[C@@H](C(=O)c1ccccc1)n1cccn1)c1ccccc1. The molecule has 0 amide bonds. The van der Waals surface area contributed by atoms with Crippen LogP contribution >= 0.6 is 0 Å². The van der Waals surface area contributed by atoms with E-state index in [1.807, 2.05) is 36.4 Å². The lowest BCUT2D eigenvalue weighted by atomic mass is 9.97. The highest BCUT2D eigenvalue weighted by Crippen LogP contribution is 2.20. The Labute approximate surface area is 134 Å². The minimum absolute atomic E-state index is 0.0737. The molecule has 0 aliphatic rings. The predicted octanol–water partition coefficient (Wildman–Crippen LogP) is 3.58. The molecule has 2 aromatic carbocycles. The van der Waals surface area contributed by atoms with Crippen molar-refractivity contribution in [1.82, 2.24) is 9.78 Å². The highest BCUT2D eigenvalue weighted by Gasteiger charge is 2.25. The van der Waals surface area contributed by atoms with E-state index in [2.05, 4.69) is 5.10 Å². The molecule has 0 radical (unpaired) electrons. The largest absolute Gasteiger partial charge is 0.294 e. The lowest BCUT2D eigenvalue weighted by Gasteiger charge is -2.16. The average molecular weight is 304 g/mol. The molecule has 1 heterocycles. The van der Waals surface area contributed by atoms with Gasteiger partial charge in [0.05, 0.1) is 0 Å². The lowest BCUT2D eigenvalue weighted by Crippen LogP contribution is -2.23. The third-order valence-corrected chi connectivity index (χ3v) is 3.68. The molecule has 0 fully saturated rings. The van der Waals surface area contributed by atoms with Crippen molar-refractivity contribution in [2.75, 3.05) is 0 Å². The van der Waals surface area contributed by atoms with Crippen LogP contribution in [-0.4, -0.2) is 21.3 Å². The number of ketones is 2. The van der Waals surface area contributed by atoms with Gasteiger partial charge >= 0.3 is 0 Å². The lowest BCUT2D eigenvalue weighted by molar-refractivity contribution is 0.0850. The number of hydrogen-bond acceptors (Lipinski definition) is 3. The standard InChI is InChI=1S/C19H16N2O2/c22-18(15-8-3-1-4-9-15)14-17(21-13-7-12-20-21)19(23)16-10-5-2-6-11-16/h1-13,17H,14H2/t17-/m0/s1. The van der Waals surface area contributed by atoms with Gasteiger partial charge in [-0.15, -0.1) is 0 Å². The van der Waals surface area contributed by atoms with E-state index in [1.54, 1.807) is 47.4 Å². The van der Waals surface area contributed by atoms with Crippen molar-refractivity contribution in [3.63, 3.8) is 0 Å². The molecule has 0 saturated carbocycles. The molecule has 4 nitrogen and oxygen atoms in total. The number of benzene rings is 2. The fraction of sp³-hybridized carbons (Fsp3) is 0.105. The number of hydrogen-bond donors (Lipinski definition) is 0. The van der Waals surface area contributed by atoms with Gasteiger partial charge in [-0.3, -0.25) is 14.3 Å². The Morgan fingerprint density at radius 2 is 1.48 bits per heavy atom. The van der Waals surface area contributed by atoms with Crippen molar-refractivity contribution < 1.29 is 9.59 Å². The Balaban J connectivity index is 1.88. The van der Waals surface area contributed by atoms with E-state index in [4.69, 9.17) is 0 Å². The first-order chi connectivity index (χ1) is 11.3. The van der Waals surface area contributed by atoms with Crippen LogP contribution in [0.15, 0.2) is 79.1 Å². The van der Waals surface area contributed by atoms with Gasteiger partial charge in [-0.05, 0) is 6.07 Å². The number of rotatable bonds is 6. The average Bonchev–Trinajstić information content (AvgIpc) is 3.15. The fourth-order valence-electron chi connectivity index (χ4n) is 2.48. The number of Topliss-reactive ketones (excluding diaryl/α,β-unsaturated/α-hetero) is 2. The number of aromatic nitrogens is 2. The molecule has 23 heavy (non-hydrogen) atoms. The molecular weight excluding hydrogens is 288 g/mol. The van der Waals surface area contributed by atoms with Gasteiger partial charge in [-0.2, -0.15) is 5.10 Å². The first-order valence-corrected chi connectivity index (χ1v) is 7.42. The maximum absolute atomic E-state index is 12.8. The number of nitrogens with zero attached hydrogens (tertiary/aromatic N) is 2. The topological polar surface area (TPSA) is 52.0 Å². The van der Waals surface area contributed by atoms with E-state index >= 15 is 0 Å². The molecule has 0 aliphatic heterocycles. The van der Waals surface area contributed by atoms with Crippen LogP contribution in [0.2, 0.25) is 0 Å². The van der Waals surface area contributed by atoms with Gasteiger partial charge in [0.15, 0.2) is 11.6 Å². The Morgan fingerprint density at radius 3 is 2.04 bits per heavy atom. The third kappa shape index (κ3) is 3.43. The van der Waals surface area contributed by atoms with Crippen LogP contribution in [0.3, 0.4) is 0 Å². The second kappa shape index (κ2) is 6.83. The maximum atomic E-state index is 12.8. The van der Waals surface area contributed by atoms with Crippen molar-refractivity contribution >= 4 is 11.6 Å². The van der Waals surface area contributed by atoms with E-state index in [-0.39, 0.29) is 18.0 Å². The molecule has 3 aromatic rings. The quantitative estimate of drug-likeness (QED) is 0.654. The summed E-state index contributed by atoms with van der Waals surface area (Å²) in [5, 5.41) is 4.15. The summed E-state index contributed by atoms with van der Waals surface area (Å²) in [6.45, 7) is 0. The molecule has 4 heteroatoms. The molecule has 1 atom stereocenters. The van der Waals surface area contributed by atoms with Crippen molar-refractivity contribution in [3.8, 4) is 0 Å². The highest BCUT2D eigenvalue weighted by atomic mass is 16.1. The van der Waals surface area contributed by atoms with Crippen LogP contribution in [0.5, 0.6) is 0 Å². The summed E-state index contributed by atoms with van der Waals surface area (Å²) in [5.41, 5.74) is 1.18. The summed E-state index contributed by atoms with van der Waals surface area (Å²) in [6.07, 6.45) is 3.40. The Morgan fingerprint density at radius 1 is 0.870 bits per heavy atom. The molecule has 0 saturated heterocycles. The van der Waals surface area contributed by atoms with Crippen LogP contribution in [0.4, 0.5) is 0 Å². The van der Waals surface area contributed by atoms with Gasteiger partial charge in [0.2, 0.25) is 0 Å². The predicted molar refractivity (Wildman–Crippen MR) is 87.4 cm³/mol. The van der Waals surface area contributed by atoms with Crippen molar-refractivity contribution in [2.45, 2.75) is 12.5 Å². The molecule has 0 unspecified atom stereocenters. The fourth-order valence-corrected chi connectivity index (χ4v) is 2.48. The minimum atomic E-state index is -0.639. The second-order valence-corrected chi connectivity index (χ2v) is 5.23. The molecule has 114 valence electrons. The van der Waals surface area contributed by atoms with Crippen LogP contribution in [0.1, 0.15) is 33.2 Å². The van der Waals surface area contributed by atoms with Crippen molar-refractivity contribution in [2.24, 2.45) is 0 Å². The van der Waals surface area contributed by atoms with Gasteiger partial charge in [0.1, 0.15) is 6.04 Å². The van der Waals surface area contributed by atoms with Gasteiger partial charge < -0.3 is 0 Å². The first kappa shape index (κ1) is 14.9. The Hall–Kier alpha value is -3.01. The summed E-state index contributed by atoms with van der Waals surface area (Å²) in [7, 11) is 0. The summed E-state index contributed by atoms with van der Waals surface area (Å²) < 4.78 is 1.55. The second-order valence-electron chi connectivity index (χ2n) is 5.23.